The van der Waals surface area contributed by atoms with Crippen molar-refractivity contribution in [3.8, 4) is 11.5 Å². The van der Waals surface area contributed by atoms with Gasteiger partial charge in [-0.25, -0.2) is 0 Å². The molecule has 0 aromatic heterocycles. The topological polar surface area (TPSA) is 41.8 Å². The fourth-order valence-electron chi connectivity index (χ4n) is 3.41. The van der Waals surface area contributed by atoms with Crippen molar-refractivity contribution in [1.29, 1.82) is 0 Å². The van der Waals surface area contributed by atoms with E-state index in [0.29, 0.717) is 10.8 Å². The van der Waals surface area contributed by atoms with E-state index < -0.39 is 0 Å². The number of aromatic hydroxyl groups is 1. The molecule has 0 amide bonds. The predicted octanol–water partition coefficient (Wildman–Crippen LogP) is 6.62. The maximum atomic E-state index is 10.5. The monoisotopic (exact) mass is 387 g/mol. The number of ether oxygens (including phenoxy) is 1. The van der Waals surface area contributed by atoms with Crippen LogP contribution in [0.1, 0.15) is 64.0 Å². The molecule has 0 spiro atoms. The summed E-state index contributed by atoms with van der Waals surface area (Å²) in [5.41, 5.74) is 2.82. The third-order valence-electron chi connectivity index (χ3n) is 4.76. The van der Waals surface area contributed by atoms with Gasteiger partial charge in [0.1, 0.15) is 0 Å². The number of halogens is 1. The van der Waals surface area contributed by atoms with Crippen molar-refractivity contribution in [1.82, 2.24) is 0 Å². The van der Waals surface area contributed by atoms with E-state index in [0.717, 1.165) is 36.1 Å². The summed E-state index contributed by atoms with van der Waals surface area (Å²) in [6.45, 7) is 8.61. The van der Waals surface area contributed by atoms with Crippen molar-refractivity contribution in [2.24, 2.45) is 4.99 Å². The molecule has 2 aromatic rings. The van der Waals surface area contributed by atoms with Crippen LogP contribution in [0.25, 0.3) is 0 Å². The summed E-state index contributed by atoms with van der Waals surface area (Å²) in [7, 11) is 1.57. The zero-order chi connectivity index (χ0) is 20.0. The maximum absolute atomic E-state index is 10.5. The van der Waals surface area contributed by atoms with Crippen molar-refractivity contribution in [2.75, 3.05) is 7.11 Å². The molecule has 0 aliphatic rings. The number of phenols is 1. The van der Waals surface area contributed by atoms with Gasteiger partial charge in [-0.3, -0.25) is 4.99 Å². The lowest BCUT2D eigenvalue weighted by Gasteiger charge is -2.23. The first kappa shape index (κ1) is 21.3. The highest BCUT2D eigenvalue weighted by Gasteiger charge is 2.21. The average Bonchev–Trinajstić information content (AvgIpc) is 2.61. The van der Waals surface area contributed by atoms with Gasteiger partial charge in [0.2, 0.25) is 0 Å². The second kappa shape index (κ2) is 9.27. The zero-order valence-electron chi connectivity index (χ0n) is 16.9. The number of para-hydroxylation sites is 1. The van der Waals surface area contributed by atoms with Crippen molar-refractivity contribution in [3.05, 3.63) is 58.6 Å². The van der Waals surface area contributed by atoms with Gasteiger partial charge in [0.15, 0.2) is 11.5 Å². The summed E-state index contributed by atoms with van der Waals surface area (Å²) in [6, 6.07) is 13.4. The third kappa shape index (κ3) is 5.74. The number of nitrogens with zero attached hydrogens (tertiary/aromatic N) is 1. The van der Waals surface area contributed by atoms with E-state index in [1.165, 1.54) is 0 Å². The number of phenolic OH excluding ortho intramolecular Hbond substituents is 1. The van der Waals surface area contributed by atoms with Crippen LogP contribution in [-0.4, -0.2) is 23.5 Å². The van der Waals surface area contributed by atoms with Gasteiger partial charge < -0.3 is 9.84 Å². The minimum absolute atomic E-state index is 0.0898. The van der Waals surface area contributed by atoms with Crippen LogP contribution in [-0.2, 0) is 0 Å². The summed E-state index contributed by atoms with van der Waals surface area (Å²) in [5, 5.41) is 11.2. The Morgan fingerprint density at radius 1 is 1.19 bits per heavy atom. The molecule has 0 aliphatic carbocycles. The first-order valence-electron chi connectivity index (χ1n) is 9.48. The molecule has 146 valence electrons. The van der Waals surface area contributed by atoms with Crippen LogP contribution in [0.3, 0.4) is 0 Å². The van der Waals surface area contributed by atoms with Gasteiger partial charge in [0.05, 0.1) is 12.6 Å². The minimum Gasteiger partial charge on any atom is -0.504 e. The SMILES string of the molecule is CCCC(C)(C)N=C(CC(C)c1cccc(OC)c1O)c1ccc(Cl)cc1. The van der Waals surface area contributed by atoms with E-state index in [1.807, 2.05) is 36.4 Å². The van der Waals surface area contributed by atoms with Crippen LogP contribution < -0.4 is 4.74 Å². The number of aliphatic imine (C=N–C) groups is 1. The normalized spacial score (nSPS) is 13.5. The Morgan fingerprint density at radius 3 is 2.44 bits per heavy atom. The summed E-state index contributed by atoms with van der Waals surface area (Å²) in [6.07, 6.45) is 2.81. The van der Waals surface area contributed by atoms with Crippen molar-refractivity contribution in [3.63, 3.8) is 0 Å². The highest BCUT2D eigenvalue weighted by atomic mass is 35.5. The molecular formula is C23H30ClNO2. The Kier molecular flexibility index (Phi) is 7.32. The molecule has 27 heavy (non-hydrogen) atoms. The fraction of sp³-hybridized carbons (Fsp3) is 0.435. The molecule has 1 N–H and O–H groups in total. The van der Waals surface area contributed by atoms with Gasteiger partial charge >= 0.3 is 0 Å². The van der Waals surface area contributed by atoms with E-state index in [2.05, 4.69) is 27.7 Å². The Hall–Kier alpha value is -2.00. The van der Waals surface area contributed by atoms with E-state index in [-0.39, 0.29) is 17.2 Å². The van der Waals surface area contributed by atoms with E-state index >= 15 is 0 Å². The number of hydrogen-bond donors (Lipinski definition) is 1. The molecule has 2 aromatic carbocycles. The van der Waals surface area contributed by atoms with E-state index in [9.17, 15) is 5.11 Å². The molecule has 0 saturated heterocycles. The fourth-order valence-corrected chi connectivity index (χ4v) is 3.53. The minimum atomic E-state index is -0.139. The summed E-state index contributed by atoms with van der Waals surface area (Å²) in [5.74, 6) is 0.790. The highest BCUT2D eigenvalue weighted by Crippen LogP contribution is 2.36. The molecule has 1 unspecified atom stereocenters. The molecule has 0 aliphatic heterocycles. The van der Waals surface area contributed by atoms with Gasteiger partial charge in [-0.15, -0.1) is 0 Å². The summed E-state index contributed by atoms with van der Waals surface area (Å²) < 4.78 is 5.26. The van der Waals surface area contributed by atoms with Crippen LogP contribution in [0.15, 0.2) is 47.5 Å². The van der Waals surface area contributed by atoms with Crippen LogP contribution in [0.2, 0.25) is 5.02 Å². The molecule has 0 fully saturated rings. The Bertz CT molecular complexity index is 781. The lowest BCUT2D eigenvalue weighted by atomic mass is 9.90. The molecule has 4 heteroatoms. The summed E-state index contributed by atoms with van der Waals surface area (Å²) in [4.78, 5) is 5.10. The molecule has 0 saturated carbocycles. The largest absolute Gasteiger partial charge is 0.504 e. The molecule has 2 rings (SSSR count). The van der Waals surface area contributed by atoms with E-state index in [1.54, 1.807) is 13.2 Å². The van der Waals surface area contributed by atoms with Gasteiger partial charge in [-0.1, -0.05) is 56.1 Å². The summed E-state index contributed by atoms with van der Waals surface area (Å²) >= 11 is 6.07. The van der Waals surface area contributed by atoms with Crippen LogP contribution in [0, 0.1) is 0 Å². The predicted molar refractivity (Wildman–Crippen MR) is 115 cm³/mol. The van der Waals surface area contributed by atoms with E-state index in [4.69, 9.17) is 21.3 Å². The van der Waals surface area contributed by atoms with Crippen LogP contribution >= 0.6 is 11.6 Å². The van der Waals surface area contributed by atoms with Gasteiger partial charge in [0.25, 0.3) is 0 Å². The number of hydrogen-bond acceptors (Lipinski definition) is 3. The molecule has 1 atom stereocenters. The smallest absolute Gasteiger partial charge is 0.161 e. The van der Waals surface area contributed by atoms with Crippen molar-refractivity contribution < 1.29 is 9.84 Å². The van der Waals surface area contributed by atoms with Gasteiger partial charge in [0, 0.05) is 16.3 Å². The van der Waals surface area contributed by atoms with Crippen LogP contribution in [0.4, 0.5) is 0 Å². The van der Waals surface area contributed by atoms with Crippen molar-refractivity contribution >= 4 is 17.3 Å². The Labute approximate surface area is 168 Å². The number of benzene rings is 2. The lowest BCUT2D eigenvalue weighted by molar-refractivity contribution is 0.369. The number of methoxy groups -OCH3 is 1. The first-order chi connectivity index (χ1) is 12.8. The lowest BCUT2D eigenvalue weighted by Crippen LogP contribution is -2.20. The van der Waals surface area contributed by atoms with Gasteiger partial charge in [-0.2, -0.15) is 0 Å². The molecular weight excluding hydrogens is 358 g/mol. The van der Waals surface area contributed by atoms with Crippen LogP contribution in [0.5, 0.6) is 11.5 Å². The number of rotatable bonds is 8. The molecule has 0 radical (unpaired) electrons. The average molecular weight is 388 g/mol. The highest BCUT2D eigenvalue weighted by molar-refractivity contribution is 6.30. The molecule has 3 nitrogen and oxygen atoms in total. The van der Waals surface area contributed by atoms with Gasteiger partial charge in [-0.05, 0) is 56.4 Å². The standard InChI is InChI=1S/C23H30ClNO2/c1-6-14-23(3,4)25-20(17-10-12-18(24)13-11-17)15-16(2)19-8-7-9-21(27-5)22(19)26/h7-13,16,26H,6,14-15H2,1-5H3. The Morgan fingerprint density at radius 2 is 1.85 bits per heavy atom. The molecule has 0 bridgehead atoms. The maximum Gasteiger partial charge on any atom is 0.161 e. The Balaban J connectivity index is 2.39. The third-order valence-corrected chi connectivity index (χ3v) is 5.01. The first-order valence-corrected chi connectivity index (χ1v) is 9.85. The zero-order valence-corrected chi connectivity index (χ0v) is 17.7. The quantitative estimate of drug-likeness (QED) is 0.517. The van der Waals surface area contributed by atoms with Crippen molar-refractivity contribution in [2.45, 2.75) is 58.4 Å². The second-order valence-corrected chi connectivity index (χ2v) is 8.07. The second-order valence-electron chi connectivity index (χ2n) is 7.63. The molecule has 0 heterocycles.